The van der Waals surface area contributed by atoms with Gasteiger partial charge in [0, 0.05) is 17.3 Å². The van der Waals surface area contributed by atoms with E-state index < -0.39 is 11.7 Å². The molecule has 1 aromatic rings. The summed E-state index contributed by atoms with van der Waals surface area (Å²) in [5, 5.41) is 3.31. The number of nitrogens with one attached hydrogen (secondary N) is 1. The van der Waals surface area contributed by atoms with Gasteiger partial charge in [0.05, 0.1) is 5.56 Å². The van der Waals surface area contributed by atoms with Gasteiger partial charge in [-0.15, -0.1) is 0 Å². The third-order valence-corrected chi connectivity index (χ3v) is 7.13. The lowest BCUT2D eigenvalue weighted by Crippen LogP contribution is -2.52. The van der Waals surface area contributed by atoms with Crippen LogP contribution in [0.25, 0.3) is 0 Å². The van der Waals surface area contributed by atoms with Gasteiger partial charge in [-0.3, -0.25) is 4.79 Å². The summed E-state index contributed by atoms with van der Waals surface area (Å²) < 4.78 is 39.5. The first-order valence-corrected chi connectivity index (χ1v) is 10.8. The number of alkyl halides is 3. The number of amides is 1. The molecule has 4 unspecified atom stereocenters. The van der Waals surface area contributed by atoms with Gasteiger partial charge in [0.1, 0.15) is 6.17 Å². The summed E-state index contributed by atoms with van der Waals surface area (Å²) in [6.07, 6.45) is 2.14. The molecule has 0 aromatic heterocycles. The lowest BCUT2D eigenvalue weighted by atomic mass is 9.77. The Labute approximate surface area is 170 Å². The van der Waals surface area contributed by atoms with Crippen LogP contribution in [0.3, 0.4) is 0 Å². The molecule has 1 saturated carbocycles. The number of hydrogen-bond donors (Lipinski definition) is 1. The van der Waals surface area contributed by atoms with Gasteiger partial charge in [-0.05, 0) is 67.7 Å². The highest BCUT2D eigenvalue weighted by Crippen LogP contribution is 2.43. The summed E-state index contributed by atoms with van der Waals surface area (Å²) in [6, 6.07) is 5.44. The summed E-state index contributed by atoms with van der Waals surface area (Å²) >= 11 is 0. The summed E-state index contributed by atoms with van der Waals surface area (Å²) in [7, 11) is 0. The normalized spacial score (nSPS) is 30.5. The first-order valence-electron chi connectivity index (χ1n) is 10.8. The Bertz CT molecular complexity index is 817. The molecule has 3 aliphatic rings. The number of carbonyl (C=O) groups is 1. The van der Waals surface area contributed by atoms with Crippen molar-refractivity contribution in [2.24, 2.45) is 11.8 Å². The molecule has 1 aliphatic heterocycles. The molecule has 1 fully saturated rings. The fourth-order valence-electron chi connectivity index (χ4n) is 5.30. The number of anilines is 1. The van der Waals surface area contributed by atoms with Crippen LogP contribution >= 0.6 is 0 Å². The van der Waals surface area contributed by atoms with Crippen molar-refractivity contribution in [3.05, 3.63) is 41.0 Å². The standard InChI is InChI=1S/C23H29F3N2O/c1-14-7-5-12-20(15(14)2)28-21(18-10-3-4-11-19(18)22(28)29)27-17-9-6-8-16(13-17)23(24,25)26/h6,8-9,13-15,20-21,27H,3-5,7,10-12H2,1-2H3. The molecule has 1 aromatic carbocycles. The van der Waals surface area contributed by atoms with Crippen molar-refractivity contribution in [2.45, 2.75) is 77.2 Å². The smallest absolute Gasteiger partial charge is 0.362 e. The van der Waals surface area contributed by atoms with Gasteiger partial charge in [-0.1, -0.05) is 32.8 Å². The molecule has 1 N–H and O–H groups in total. The molecule has 3 nitrogen and oxygen atoms in total. The molecule has 0 saturated heterocycles. The van der Waals surface area contributed by atoms with Gasteiger partial charge in [-0.2, -0.15) is 13.2 Å². The number of carbonyl (C=O) groups excluding carboxylic acids is 1. The van der Waals surface area contributed by atoms with E-state index in [4.69, 9.17) is 0 Å². The Morgan fingerprint density at radius 3 is 2.59 bits per heavy atom. The molecule has 0 spiro atoms. The van der Waals surface area contributed by atoms with Crippen LogP contribution in [-0.2, 0) is 11.0 Å². The highest BCUT2D eigenvalue weighted by Gasteiger charge is 2.46. The molecule has 0 radical (unpaired) electrons. The lowest BCUT2D eigenvalue weighted by molar-refractivity contribution is -0.137. The Morgan fingerprint density at radius 2 is 1.83 bits per heavy atom. The molecular weight excluding hydrogens is 377 g/mol. The van der Waals surface area contributed by atoms with Crippen LogP contribution in [0.5, 0.6) is 0 Å². The van der Waals surface area contributed by atoms with E-state index in [9.17, 15) is 18.0 Å². The van der Waals surface area contributed by atoms with Crippen molar-refractivity contribution in [1.82, 2.24) is 4.90 Å². The minimum Gasteiger partial charge on any atom is -0.362 e. The summed E-state index contributed by atoms with van der Waals surface area (Å²) in [6.45, 7) is 4.44. The fraction of sp³-hybridized carbons (Fsp3) is 0.609. The predicted molar refractivity (Wildman–Crippen MR) is 107 cm³/mol. The summed E-state index contributed by atoms with van der Waals surface area (Å²) in [5.74, 6) is 1.00. The van der Waals surface area contributed by atoms with Crippen molar-refractivity contribution in [3.63, 3.8) is 0 Å². The van der Waals surface area contributed by atoms with Crippen LogP contribution in [0.1, 0.15) is 64.4 Å². The van der Waals surface area contributed by atoms with E-state index in [2.05, 4.69) is 19.2 Å². The quantitative estimate of drug-likeness (QED) is 0.670. The fourth-order valence-corrected chi connectivity index (χ4v) is 5.30. The van der Waals surface area contributed by atoms with Crippen molar-refractivity contribution in [2.75, 3.05) is 5.32 Å². The summed E-state index contributed by atoms with van der Waals surface area (Å²) in [4.78, 5) is 15.3. The van der Waals surface area contributed by atoms with Gasteiger partial charge in [0.25, 0.3) is 5.91 Å². The van der Waals surface area contributed by atoms with Gasteiger partial charge >= 0.3 is 6.18 Å². The largest absolute Gasteiger partial charge is 0.416 e. The predicted octanol–water partition coefficient (Wildman–Crippen LogP) is 5.98. The number of hydrogen-bond acceptors (Lipinski definition) is 2. The van der Waals surface area contributed by atoms with Crippen LogP contribution in [0.15, 0.2) is 35.4 Å². The van der Waals surface area contributed by atoms with Crippen LogP contribution in [0.2, 0.25) is 0 Å². The maximum absolute atomic E-state index is 13.4. The Morgan fingerprint density at radius 1 is 1.07 bits per heavy atom. The topological polar surface area (TPSA) is 32.3 Å². The van der Waals surface area contributed by atoms with E-state index in [-0.39, 0.29) is 18.1 Å². The summed E-state index contributed by atoms with van der Waals surface area (Å²) in [5.41, 5.74) is 1.73. The van der Waals surface area contributed by atoms with Crippen LogP contribution in [-0.4, -0.2) is 23.0 Å². The van der Waals surface area contributed by atoms with E-state index >= 15 is 0 Å². The molecule has 4 atom stereocenters. The van der Waals surface area contributed by atoms with Crippen LogP contribution < -0.4 is 5.32 Å². The van der Waals surface area contributed by atoms with Gasteiger partial charge in [0.15, 0.2) is 0 Å². The first-order chi connectivity index (χ1) is 13.8. The Kier molecular flexibility index (Phi) is 5.38. The van der Waals surface area contributed by atoms with Gasteiger partial charge in [-0.25, -0.2) is 0 Å². The molecule has 6 heteroatoms. The second-order valence-corrected chi connectivity index (χ2v) is 8.88. The molecule has 0 bridgehead atoms. The molecule has 2 aliphatic carbocycles. The van der Waals surface area contributed by atoms with Crippen molar-refractivity contribution in [1.29, 1.82) is 0 Å². The second-order valence-electron chi connectivity index (χ2n) is 8.88. The van der Waals surface area contributed by atoms with E-state index in [1.165, 1.54) is 12.5 Å². The maximum Gasteiger partial charge on any atom is 0.416 e. The van der Waals surface area contributed by atoms with Gasteiger partial charge < -0.3 is 10.2 Å². The molecule has 29 heavy (non-hydrogen) atoms. The number of rotatable bonds is 3. The number of nitrogens with zero attached hydrogens (tertiary/aromatic N) is 1. The molecule has 1 heterocycles. The average molecular weight is 406 g/mol. The molecule has 158 valence electrons. The maximum atomic E-state index is 13.4. The zero-order chi connectivity index (χ0) is 20.8. The number of benzene rings is 1. The minimum atomic E-state index is -4.38. The third kappa shape index (κ3) is 3.78. The SMILES string of the molecule is CC1CCCC(N2C(=O)C3=C(CCCC3)C2Nc2cccc(C(F)(F)F)c2)C1C. The van der Waals surface area contributed by atoms with Crippen molar-refractivity contribution in [3.8, 4) is 0 Å². The monoisotopic (exact) mass is 406 g/mol. The van der Waals surface area contributed by atoms with Crippen molar-refractivity contribution < 1.29 is 18.0 Å². The highest BCUT2D eigenvalue weighted by atomic mass is 19.4. The minimum absolute atomic E-state index is 0.0927. The second kappa shape index (κ2) is 7.69. The highest BCUT2D eigenvalue weighted by molar-refractivity contribution is 5.98. The van der Waals surface area contributed by atoms with Gasteiger partial charge in [0.2, 0.25) is 0 Å². The Balaban J connectivity index is 1.67. The molecular formula is C23H29F3N2O. The molecule has 4 rings (SSSR count). The van der Waals surface area contributed by atoms with E-state index in [0.29, 0.717) is 17.5 Å². The first kappa shape index (κ1) is 20.3. The van der Waals surface area contributed by atoms with E-state index in [0.717, 1.165) is 61.8 Å². The third-order valence-electron chi connectivity index (χ3n) is 7.13. The lowest BCUT2D eigenvalue weighted by Gasteiger charge is -2.43. The average Bonchev–Trinajstić information content (AvgIpc) is 2.96. The van der Waals surface area contributed by atoms with Crippen molar-refractivity contribution >= 4 is 11.6 Å². The molecule has 1 amide bonds. The van der Waals surface area contributed by atoms with E-state index in [1.54, 1.807) is 6.07 Å². The van der Waals surface area contributed by atoms with E-state index in [1.807, 2.05) is 4.90 Å². The number of halogens is 3. The zero-order valence-corrected chi connectivity index (χ0v) is 17.1. The zero-order valence-electron chi connectivity index (χ0n) is 17.1. The van der Waals surface area contributed by atoms with Crippen LogP contribution in [0, 0.1) is 11.8 Å². The Hall–Kier alpha value is -1.98. The van der Waals surface area contributed by atoms with Crippen LogP contribution in [0.4, 0.5) is 18.9 Å².